The molecule has 0 saturated carbocycles. The van der Waals surface area contributed by atoms with Gasteiger partial charge in [0.2, 0.25) is 5.78 Å². The number of hydrogen-bond acceptors (Lipinski definition) is 4. The van der Waals surface area contributed by atoms with Crippen molar-refractivity contribution in [2.45, 2.75) is 33.2 Å². The zero-order chi connectivity index (χ0) is 11.6. The summed E-state index contributed by atoms with van der Waals surface area (Å²) in [6.45, 7) is 5.53. The first kappa shape index (κ1) is 11.7. The van der Waals surface area contributed by atoms with Gasteiger partial charge >= 0.3 is 6.09 Å². The first-order valence-electron chi connectivity index (χ1n) is 5.02. The third-order valence-corrected chi connectivity index (χ3v) is 2.45. The van der Waals surface area contributed by atoms with Gasteiger partial charge in [-0.25, -0.2) is 9.69 Å². The minimum absolute atomic E-state index is 0.0880. The van der Waals surface area contributed by atoms with E-state index in [0.717, 1.165) is 4.90 Å². The zero-order valence-electron chi connectivity index (χ0n) is 9.15. The van der Waals surface area contributed by atoms with Gasteiger partial charge in [-0.15, -0.1) is 0 Å². The van der Waals surface area contributed by atoms with Crippen LogP contribution in [0.4, 0.5) is 4.79 Å². The number of ketones is 1. The largest absolute Gasteiger partial charge is 0.447 e. The molecule has 5 nitrogen and oxygen atoms in total. The molecule has 1 aliphatic rings. The summed E-state index contributed by atoms with van der Waals surface area (Å²) in [5.41, 5.74) is 0. The van der Waals surface area contributed by atoms with Gasteiger partial charge in [0, 0.05) is 6.42 Å². The monoisotopic (exact) mass is 213 g/mol. The number of Topliss-reactive ketones (excluding diaryl/α,β-unsaturated/α-hetero) is 1. The van der Waals surface area contributed by atoms with Gasteiger partial charge in [0.25, 0.3) is 5.91 Å². The lowest BCUT2D eigenvalue weighted by molar-refractivity contribution is -0.143. The zero-order valence-corrected chi connectivity index (χ0v) is 9.15. The third kappa shape index (κ3) is 2.16. The minimum Gasteiger partial charge on any atom is -0.447 e. The second kappa shape index (κ2) is 4.42. The van der Waals surface area contributed by atoms with Gasteiger partial charge < -0.3 is 4.74 Å². The number of rotatable bonds is 3. The van der Waals surface area contributed by atoms with Gasteiger partial charge in [-0.1, -0.05) is 20.8 Å². The molecule has 1 rings (SSSR count). The first-order chi connectivity index (χ1) is 6.99. The summed E-state index contributed by atoms with van der Waals surface area (Å²) in [5, 5.41) is 0. The van der Waals surface area contributed by atoms with Gasteiger partial charge in [0.1, 0.15) is 6.61 Å². The Hall–Kier alpha value is -1.39. The lowest BCUT2D eigenvalue weighted by Crippen LogP contribution is -2.45. The fourth-order valence-electron chi connectivity index (χ4n) is 1.45. The van der Waals surface area contributed by atoms with E-state index in [4.69, 9.17) is 4.74 Å². The fraction of sp³-hybridized carbons (Fsp3) is 0.700. The molecule has 15 heavy (non-hydrogen) atoms. The van der Waals surface area contributed by atoms with Gasteiger partial charge in [0.05, 0.1) is 6.04 Å². The Kier molecular flexibility index (Phi) is 3.44. The molecule has 0 spiro atoms. The van der Waals surface area contributed by atoms with Crippen LogP contribution in [0.15, 0.2) is 0 Å². The average Bonchev–Trinajstić information content (AvgIpc) is 2.58. The molecule has 0 N–H and O–H groups in total. The molecule has 1 heterocycles. The molecule has 0 aromatic carbocycles. The minimum atomic E-state index is -0.751. The van der Waals surface area contributed by atoms with E-state index in [1.807, 2.05) is 13.8 Å². The number of carbonyl (C=O) groups excluding carboxylic acids is 3. The number of imide groups is 1. The predicted octanol–water partition coefficient (Wildman–Crippen LogP) is 0.969. The summed E-state index contributed by atoms with van der Waals surface area (Å²) in [6, 6.07) is -0.319. The van der Waals surface area contributed by atoms with Crippen molar-refractivity contribution in [3.63, 3.8) is 0 Å². The van der Waals surface area contributed by atoms with E-state index in [1.165, 1.54) is 0 Å². The number of amides is 2. The Morgan fingerprint density at radius 3 is 2.60 bits per heavy atom. The third-order valence-electron chi connectivity index (χ3n) is 2.45. The highest BCUT2D eigenvalue weighted by molar-refractivity contribution is 6.38. The molecule has 0 unspecified atom stereocenters. The lowest BCUT2D eigenvalue weighted by atomic mass is 10.0. The van der Waals surface area contributed by atoms with Crippen molar-refractivity contribution in [1.29, 1.82) is 0 Å². The van der Waals surface area contributed by atoms with Crippen molar-refractivity contribution >= 4 is 17.8 Å². The predicted molar refractivity (Wildman–Crippen MR) is 52.1 cm³/mol. The maximum atomic E-state index is 11.6. The van der Waals surface area contributed by atoms with E-state index in [0.29, 0.717) is 0 Å². The Morgan fingerprint density at radius 2 is 2.13 bits per heavy atom. The van der Waals surface area contributed by atoms with Crippen molar-refractivity contribution in [2.75, 3.05) is 6.61 Å². The summed E-state index contributed by atoms with van der Waals surface area (Å²) >= 11 is 0. The highest BCUT2D eigenvalue weighted by atomic mass is 16.6. The van der Waals surface area contributed by atoms with Crippen molar-refractivity contribution < 1.29 is 19.1 Å². The van der Waals surface area contributed by atoms with Crippen LogP contribution in [0.2, 0.25) is 0 Å². The van der Waals surface area contributed by atoms with Crippen LogP contribution < -0.4 is 0 Å². The topological polar surface area (TPSA) is 63.7 Å². The second-order valence-electron chi connectivity index (χ2n) is 3.84. The smallest absolute Gasteiger partial charge is 0.417 e. The van der Waals surface area contributed by atoms with Crippen LogP contribution in [-0.2, 0) is 14.3 Å². The average molecular weight is 213 g/mol. The molecule has 0 bridgehead atoms. The summed E-state index contributed by atoms with van der Waals surface area (Å²) < 4.78 is 4.77. The second-order valence-corrected chi connectivity index (χ2v) is 3.84. The molecule has 84 valence electrons. The molecule has 2 amide bonds. The van der Waals surface area contributed by atoms with Crippen LogP contribution in [0.3, 0.4) is 0 Å². The summed E-state index contributed by atoms with van der Waals surface area (Å²) in [6.07, 6.45) is -0.603. The molecule has 0 aromatic heterocycles. The molecule has 0 aliphatic carbocycles. The Balaban J connectivity index is 2.85. The van der Waals surface area contributed by atoms with Gasteiger partial charge in [-0.05, 0) is 5.92 Å². The molecule has 1 aliphatic heterocycles. The summed E-state index contributed by atoms with van der Waals surface area (Å²) in [5.74, 6) is -1.22. The van der Waals surface area contributed by atoms with Crippen LogP contribution in [-0.4, -0.2) is 35.3 Å². The highest BCUT2D eigenvalue weighted by Gasteiger charge is 2.41. The van der Waals surface area contributed by atoms with Gasteiger partial charge in [0.15, 0.2) is 0 Å². The molecule has 1 saturated heterocycles. The first-order valence-corrected chi connectivity index (χ1v) is 5.02. The Morgan fingerprint density at radius 1 is 1.53 bits per heavy atom. The van der Waals surface area contributed by atoms with Crippen molar-refractivity contribution in [2.24, 2.45) is 5.92 Å². The van der Waals surface area contributed by atoms with Gasteiger partial charge in [-0.3, -0.25) is 9.59 Å². The molecular weight excluding hydrogens is 198 g/mol. The Bertz CT molecular complexity index is 298. The maximum absolute atomic E-state index is 11.6. The van der Waals surface area contributed by atoms with Crippen molar-refractivity contribution in [3.8, 4) is 0 Å². The van der Waals surface area contributed by atoms with Crippen molar-refractivity contribution in [3.05, 3.63) is 0 Å². The van der Waals surface area contributed by atoms with E-state index in [2.05, 4.69) is 0 Å². The molecule has 0 radical (unpaired) electrons. The molecular formula is C10H15NO4. The number of cyclic esters (lactones) is 1. The van der Waals surface area contributed by atoms with Crippen LogP contribution in [0.1, 0.15) is 27.2 Å². The quantitative estimate of drug-likeness (QED) is 0.655. The number of nitrogens with zero attached hydrogens (tertiary/aromatic N) is 1. The van der Waals surface area contributed by atoms with E-state index in [9.17, 15) is 14.4 Å². The van der Waals surface area contributed by atoms with E-state index in [1.54, 1.807) is 6.92 Å². The summed E-state index contributed by atoms with van der Waals surface area (Å²) in [7, 11) is 0. The molecule has 0 aromatic rings. The number of carbonyl (C=O) groups is 3. The van der Waals surface area contributed by atoms with Crippen LogP contribution in [0.25, 0.3) is 0 Å². The van der Waals surface area contributed by atoms with Gasteiger partial charge in [-0.2, -0.15) is 0 Å². The Labute approximate surface area is 88.4 Å². The van der Waals surface area contributed by atoms with Crippen LogP contribution in [0, 0.1) is 5.92 Å². The molecule has 5 heteroatoms. The SMILES string of the molecule is CCC(=O)C(=O)N1C(=O)OC[C@@H]1C(C)C. The standard InChI is InChI=1S/C10H15NO4/c1-4-8(12)9(13)11-7(6(2)3)5-15-10(11)14/h6-7H,4-5H2,1-3H3/t7-/m1/s1. The normalized spacial score (nSPS) is 20.7. The van der Waals surface area contributed by atoms with Crippen LogP contribution in [0.5, 0.6) is 0 Å². The maximum Gasteiger partial charge on any atom is 0.417 e. The number of ether oxygens (including phenoxy) is 1. The molecule has 1 fully saturated rings. The van der Waals surface area contributed by atoms with E-state index >= 15 is 0 Å². The number of hydrogen-bond donors (Lipinski definition) is 0. The van der Waals surface area contributed by atoms with E-state index < -0.39 is 17.8 Å². The fourth-order valence-corrected chi connectivity index (χ4v) is 1.45. The highest BCUT2D eigenvalue weighted by Crippen LogP contribution is 2.19. The van der Waals surface area contributed by atoms with Crippen LogP contribution >= 0.6 is 0 Å². The molecule has 1 atom stereocenters. The lowest BCUT2D eigenvalue weighted by Gasteiger charge is -2.21. The van der Waals surface area contributed by atoms with E-state index in [-0.39, 0.29) is 25.0 Å². The van der Waals surface area contributed by atoms with Crippen molar-refractivity contribution in [1.82, 2.24) is 4.90 Å². The summed E-state index contributed by atoms with van der Waals surface area (Å²) in [4.78, 5) is 35.0.